The van der Waals surface area contributed by atoms with Crippen molar-refractivity contribution in [1.29, 1.82) is 0 Å². The van der Waals surface area contributed by atoms with Crippen molar-refractivity contribution in [3.63, 3.8) is 0 Å². The number of hydrogen-bond acceptors (Lipinski definition) is 4. The first-order chi connectivity index (χ1) is 7.83. The van der Waals surface area contributed by atoms with Crippen LogP contribution in [0.5, 0.6) is 11.5 Å². The van der Waals surface area contributed by atoms with Gasteiger partial charge < -0.3 is 19.5 Å². The van der Waals surface area contributed by atoms with Gasteiger partial charge in [-0.2, -0.15) is 0 Å². The predicted octanol–water partition coefficient (Wildman–Crippen LogP) is 1.42. The number of ether oxygens (including phenoxy) is 3. The molecule has 4 nitrogen and oxygen atoms in total. The number of fused-ring (bicyclic) bond motifs is 5. The van der Waals surface area contributed by atoms with Crippen LogP contribution in [0.4, 0.5) is 0 Å². The van der Waals surface area contributed by atoms with E-state index in [1.54, 1.807) is 14.2 Å². The second-order valence-electron chi connectivity index (χ2n) is 4.11. The van der Waals surface area contributed by atoms with Crippen LogP contribution in [0.3, 0.4) is 0 Å². The SMILES string of the molecule is COc1cc2c(cc1OC)C1CNCC2O1. The van der Waals surface area contributed by atoms with Crippen molar-refractivity contribution in [2.24, 2.45) is 0 Å². The Labute approximate surface area is 94.5 Å². The first-order valence-electron chi connectivity index (χ1n) is 5.45. The first kappa shape index (κ1) is 9.93. The summed E-state index contributed by atoms with van der Waals surface area (Å²) in [6, 6.07) is 4.07. The zero-order chi connectivity index (χ0) is 11.1. The summed E-state index contributed by atoms with van der Waals surface area (Å²) in [5.41, 5.74) is 2.46. The van der Waals surface area contributed by atoms with Gasteiger partial charge in [-0.15, -0.1) is 0 Å². The fourth-order valence-corrected chi connectivity index (χ4v) is 2.47. The summed E-state index contributed by atoms with van der Waals surface area (Å²) in [5.74, 6) is 1.55. The van der Waals surface area contributed by atoms with Gasteiger partial charge in [0.1, 0.15) is 0 Å². The quantitative estimate of drug-likeness (QED) is 0.820. The Bertz CT molecular complexity index is 382. The summed E-state index contributed by atoms with van der Waals surface area (Å²) in [7, 11) is 3.31. The van der Waals surface area contributed by atoms with Crippen molar-refractivity contribution in [3.05, 3.63) is 23.3 Å². The van der Waals surface area contributed by atoms with Crippen molar-refractivity contribution in [3.8, 4) is 11.5 Å². The Balaban J connectivity index is 2.11. The van der Waals surface area contributed by atoms with Crippen LogP contribution in [-0.2, 0) is 4.74 Å². The highest BCUT2D eigenvalue weighted by atomic mass is 16.5. The summed E-state index contributed by atoms with van der Waals surface area (Å²) < 4.78 is 16.5. The molecule has 0 aliphatic carbocycles. The molecule has 0 aromatic heterocycles. The zero-order valence-electron chi connectivity index (χ0n) is 9.45. The average molecular weight is 221 g/mol. The summed E-state index contributed by atoms with van der Waals surface area (Å²) in [4.78, 5) is 0. The number of benzene rings is 1. The van der Waals surface area contributed by atoms with Crippen LogP contribution < -0.4 is 14.8 Å². The third kappa shape index (κ3) is 1.30. The molecule has 2 atom stereocenters. The van der Waals surface area contributed by atoms with Crippen molar-refractivity contribution in [1.82, 2.24) is 5.32 Å². The van der Waals surface area contributed by atoms with Gasteiger partial charge in [0.2, 0.25) is 0 Å². The maximum Gasteiger partial charge on any atom is 0.161 e. The van der Waals surface area contributed by atoms with Gasteiger partial charge in [0.05, 0.1) is 26.4 Å². The van der Waals surface area contributed by atoms with E-state index in [-0.39, 0.29) is 12.2 Å². The molecule has 1 fully saturated rings. The van der Waals surface area contributed by atoms with Crippen LogP contribution in [0.2, 0.25) is 0 Å². The van der Waals surface area contributed by atoms with Crippen LogP contribution in [0.25, 0.3) is 0 Å². The summed E-state index contributed by atoms with van der Waals surface area (Å²) >= 11 is 0. The number of hydrogen-bond donors (Lipinski definition) is 1. The third-order valence-corrected chi connectivity index (χ3v) is 3.27. The molecule has 0 radical (unpaired) electrons. The van der Waals surface area contributed by atoms with Gasteiger partial charge in [-0.3, -0.25) is 0 Å². The van der Waals surface area contributed by atoms with E-state index >= 15 is 0 Å². The lowest BCUT2D eigenvalue weighted by atomic mass is 10.0. The largest absolute Gasteiger partial charge is 0.493 e. The first-order valence-corrected chi connectivity index (χ1v) is 5.45. The van der Waals surface area contributed by atoms with Gasteiger partial charge in [-0.25, -0.2) is 0 Å². The molecule has 16 heavy (non-hydrogen) atoms. The second kappa shape index (κ2) is 3.64. The van der Waals surface area contributed by atoms with E-state index in [4.69, 9.17) is 14.2 Å². The molecule has 3 rings (SSSR count). The number of nitrogens with one attached hydrogen (secondary N) is 1. The summed E-state index contributed by atoms with van der Waals surface area (Å²) in [5, 5.41) is 3.36. The smallest absolute Gasteiger partial charge is 0.161 e. The highest BCUT2D eigenvalue weighted by molar-refractivity contribution is 5.51. The molecular formula is C12H15NO3. The molecule has 2 aliphatic rings. The molecule has 0 spiro atoms. The molecule has 0 saturated carbocycles. The highest BCUT2D eigenvalue weighted by Crippen LogP contribution is 2.45. The Morgan fingerprint density at radius 3 is 2.00 bits per heavy atom. The van der Waals surface area contributed by atoms with Gasteiger partial charge in [-0.05, 0) is 23.3 Å². The average Bonchev–Trinajstić information content (AvgIpc) is 2.59. The minimum atomic E-state index is 0.161. The molecule has 1 saturated heterocycles. The van der Waals surface area contributed by atoms with E-state index in [9.17, 15) is 0 Å². The number of methoxy groups -OCH3 is 2. The lowest BCUT2D eigenvalue weighted by molar-refractivity contribution is -0.0149. The van der Waals surface area contributed by atoms with Crippen molar-refractivity contribution >= 4 is 0 Å². The van der Waals surface area contributed by atoms with Gasteiger partial charge in [0, 0.05) is 13.1 Å². The minimum absolute atomic E-state index is 0.161. The lowest BCUT2D eigenvalue weighted by Crippen LogP contribution is -2.30. The Kier molecular flexibility index (Phi) is 2.26. The lowest BCUT2D eigenvalue weighted by Gasteiger charge is -2.21. The maximum atomic E-state index is 5.89. The monoisotopic (exact) mass is 221 g/mol. The standard InChI is InChI=1S/C12H15NO3/c1-14-9-3-7-8(4-10(9)15-2)12-6-13-5-11(7)16-12/h3-4,11-13H,5-6H2,1-2H3. The van der Waals surface area contributed by atoms with Crippen LogP contribution in [0.15, 0.2) is 12.1 Å². The molecule has 1 aromatic rings. The topological polar surface area (TPSA) is 39.7 Å². The van der Waals surface area contributed by atoms with Crippen LogP contribution in [0.1, 0.15) is 23.3 Å². The molecular weight excluding hydrogens is 206 g/mol. The van der Waals surface area contributed by atoms with E-state index in [2.05, 4.69) is 5.32 Å². The molecule has 2 aliphatic heterocycles. The zero-order valence-corrected chi connectivity index (χ0v) is 9.45. The maximum absolute atomic E-state index is 5.89. The Morgan fingerprint density at radius 2 is 1.56 bits per heavy atom. The number of morpholine rings is 1. The Hall–Kier alpha value is -1.26. The van der Waals surface area contributed by atoms with Gasteiger partial charge in [-0.1, -0.05) is 0 Å². The molecule has 2 unspecified atom stereocenters. The second-order valence-corrected chi connectivity index (χ2v) is 4.11. The molecule has 86 valence electrons. The van der Waals surface area contributed by atoms with E-state index < -0.39 is 0 Å². The van der Waals surface area contributed by atoms with E-state index in [1.165, 1.54) is 11.1 Å². The fraction of sp³-hybridized carbons (Fsp3) is 0.500. The predicted molar refractivity (Wildman–Crippen MR) is 59.0 cm³/mol. The van der Waals surface area contributed by atoms with Gasteiger partial charge in [0.15, 0.2) is 11.5 Å². The van der Waals surface area contributed by atoms with Gasteiger partial charge in [0.25, 0.3) is 0 Å². The molecule has 1 N–H and O–H groups in total. The fourth-order valence-electron chi connectivity index (χ4n) is 2.47. The number of rotatable bonds is 2. The van der Waals surface area contributed by atoms with E-state index in [0.717, 1.165) is 24.6 Å². The van der Waals surface area contributed by atoms with E-state index in [0.29, 0.717) is 0 Å². The molecule has 2 heterocycles. The minimum Gasteiger partial charge on any atom is -0.493 e. The van der Waals surface area contributed by atoms with Crippen molar-refractivity contribution in [2.45, 2.75) is 12.2 Å². The third-order valence-electron chi connectivity index (χ3n) is 3.27. The normalized spacial score (nSPS) is 26.4. The van der Waals surface area contributed by atoms with Crippen molar-refractivity contribution in [2.75, 3.05) is 27.3 Å². The van der Waals surface area contributed by atoms with Crippen molar-refractivity contribution < 1.29 is 14.2 Å². The van der Waals surface area contributed by atoms with Gasteiger partial charge >= 0.3 is 0 Å². The summed E-state index contributed by atoms with van der Waals surface area (Å²) in [6.07, 6.45) is 0.321. The van der Waals surface area contributed by atoms with E-state index in [1.807, 2.05) is 12.1 Å². The van der Waals surface area contributed by atoms with Crippen LogP contribution in [-0.4, -0.2) is 27.3 Å². The Morgan fingerprint density at radius 1 is 1.06 bits per heavy atom. The summed E-state index contributed by atoms with van der Waals surface area (Å²) in [6.45, 7) is 1.75. The molecule has 4 heteroatoms. The van der Waals surface area contributed by atoms with Crippen LogP contribution in [0, 0.1) is 0 Å². The highest BCUT2D eigenvalue weighted by Gasteiger charge is 2.36. The molecule has 0 amide bonds. The van der Waals surface area contributed by atoms with Crippen LogP contribution >= 0.6 is 0 Å². The molecule has 1 aromatic carbocycles. The molecule has 2 bridgehead atoms.